The molecular weight excluding hydrogens is 348 g/mol. The van der Waals surface area contributed by atoms with E-state index in [1.165, 1.54) is 24.1 Å². The molecule has 0 amide bonds. The highest BCUT2D eigenvalue weighted by Gasteiger charge is 2.14. The molecule has 0 spiro atoms. The molecule has 7 heteroatoms. The maximum atomic E-state index is 11.6. The zero-order valence-electron chi connectivity index (χ0n) is 10.7. The Kier molecular flexibility index (Phi) is 4.25. The molecule has 0 saturated heterocycles. The Morgan fingerprint density at radius 3 is 2.80 bits per heavy atom. The molecule has 20 heavy (non-hydrogen) atoms. The SMILES string of the molecule is COC(=O)c1nn(-c2cc(Cl)c(C)cc2Br)ccc1=O. The summed E-state index contributed by atoms with van der Waals surface area (Å²) >= 11 is 9.48. The maximum Gasteiger partial charge on any atom is 0.362 e. The number of methoxy groups -OCH3 is 1. The van der Waals surface area contributed by atoms with Crippen LogP contribution in [0, 0.1) is 6.92 Å². The smallest absolute Gasteiger partial charge is 0.362 e. The summed E-state index contributed by atoms with van der Waals surface area (Å²) < 4.78 is 6.66. The van der Waals surface area contributed by atoms with E-state index >= 15 is 0 Å². The number of carbonyl (C=O) groups excluding carboxylic acids is 1. The number of aromatic nitrogens is 2. The van der Waals surface area contributed by atoms with Crippen molar-refractivity contribution >= 4 is 33.5 Å². The minimum absolute atomic E-state index is 0.279. The van der Waals surface area contributed by atoms with Crippen molar-refractivity contribution in [2.24, 2.45) is 0 Å². The molecule has 1 aromatic heterocycles. The molecule has 104 valence electrons. The number of esters is 1. The van der Waals surface area contributed by atoms with Crippen LogP contribution in [-0.2, 0) is 4.74 Å². The van der Waals surface area contributed by atoms with Gasteiger partial charge in [-0.3, -0.25) is 4.79 Å². The van der Waals surface area contributed by atoms with Crippen molar-refractivity contribution in [3.63, 3.8) is 0 Å². The van der Waals surface area contributed by atoms with Crippen molar-refractivity contribution < 1.29 is 9.53 Å². The number of ether oxygens (including phenoxy) is 1. The lowest BCUT2D eigenvalue weighted by molar-refractivity contribution is 0.0590. The first-order chi connectivity index (χ1) is 9.43. The lowest BCUT2D eigenvalue weighted by Crippen LogP contribution is -2.21. The third kappa shape index (κ3) is 2.76. The van der Waals surface area contributed by atoms with Crippen molar-refractivity contribution in [1.29, 1.82) is 0 Å². The zero-order chi connectivity index (χ0) is 14.9. The van der Waals surface area contributed by atoms with Gasteiger partial charge in [0.1, 0.15) is 0 Å². The number of rotatable bonds is 2. The summed E-state index contributed by atoms with van der Waals surface area (Å²) in [7, 11) is 1.19. The second-order valence-electron chi connectivity index (χ2n) is 4.02. The number of carbonyl (C=O) groups is 1. The average Bonchev–Trinajstić information content (AvgIpc) is 2.43. The topological polar surface area (TPSA) is 61.2 Å². The van der Waals surface area contributed by atoms with E-state index in [-0.39, 0.29) is 5.69 Å². The molecule has 1 aromatic carbocycles. The number of benzene rings is 1. The second kappa shape index (κ2) is 5.76. The summed E-state index contributed by atoms with van der Waals surface area (Å²) in [6, 6.07) is 4.77. The van der Waals surface area contributed by atoms with Crippen LogP contribution in [0.5, 0.6) is 0 Å². The molecule has 2 aromatic rings. The second-order valence-corrected chi connectivity index (χ2v) is 5.28. The minimum atomic E-state index is -0.779. The predicted molar refractivity (Wildman–Crippen MR) is 78.6 cm³/mol. The summed E-state index contributed by atoms with van der Waals surface area (Å²) in [5, 5.41) is 4.54. The van der Waals surface area contributed by atoms with E-state index in [0.29, 0.717) is 10.7 Å². The van der Waals surface area contributed by atoms with Crippen LogP contribution < -0.4 is 5.43 Å². The van der Waals surface area contributed by atoms with Crippen LogP contribution in [0.25, 0.3) is 5.69 Å². The van der Waals surface area contributed by atoms with Crippen LogP contribution in [0.1, 0.15) is 16.1 Å². The van der Waals surface area contributed by atoms with Crippen LogP contribution in [0.2, 0.25) is 5.02 Å². The Morgan fingerprint density at radius 2 is 2.15 bits per heavy atom. The highest BCUT2D eigenvalue weighted by atomic mass is 79.9. The monoisotopic (exact) mass is 356 g/mol. The van der Waals surface area contributed by atoms with E-state index in [9.17, 15) is 9.59 Å². The van der Waals surface area contributed by atoms with Crippen LogP contribution in [0.4, 0.5) is 0 Å². The number of hydrogen-bond donors (Lipinski definition) is 0. The molecule has 0 unspecified atom stereocenters. The lowest BCUT2D eigenvalue weighted by atomic mass is 10.2. The van der Waals surface area contributed by atoms with E-state index in [1.54, 1.807) is 6.07 Å². The van der Waals surface area contributed by atoms with Gasteiger partial charge in [0, 0.05) is 21.8 Å². The van der Waals surface area contributed by atoms with Crippen LogP contribution in [-0.4, -0.2) is 22.9 Å². The maximum absolute atomic E-state index is 11.6. The molecule has 1 heterocycles. The highest BCUT2D eigenvalue weighted by Crippen LogP contribution is 2.27. The van der Waals surface area contributed by atoms with Gasteiger partial charge >= 0.3 is 5.97 Å². The van der Waals surface area contributed by atoms with Crippen molar-refractivity contribution in [1.82, 2.24) is 9.78 Å². The van der Waals surface area contributed by atoms with Gasteiger partial charge in [-0.15, -0.1) is 0 Å². The van der Waals surface area contributed by atoms with Gasteiger partial charge in [0.05, 0.1) is 12.8 Å². The fourth-order valence-corrected chi connectivity index (χ4v) is 2.39. The van der Waals surface area contributed by atoms with Crippen molar-refractivity contribution in [3.05, 3.63) is 55.4 Å². The zero-order valence-corrected chi connectivity index (χ0v) is 13.0. The highest BCUT2D eigenvalue weighted by molar-refractivity contribution is 9.10. The number of nitrogens with zero attached hydrogens (tertiary/aromatic N) is 2. The van der Waals surface area contributed by atoms with Gasteiger partial charge in [0.25, 0.3) is 0 Å². The fraction of sp³-hybridized carbons (Fsp3) is 0.154. The van der Waals surface area contributed by atoms with Gasteiger partial charge in [-0.25, -0.2) is 9.48 Å². The normalized spacial score (nSPS) is 10.4. The molecule has 2 rings (SSSR count). The van der Waals surface area contributed by atoms with Gasteiger partial charge in [-0.1, -0.05) is 11.6 Å². The first-order valence-corrected chi connectivity index (χ1v) is 6.75. The molecule has 0 atom stereocenters. The molecule has 5 nitrogen and oxygen atoms in total. The summed E-state index contributed by atoms with van der Waals surface area (Å²) in [6.07, 6.45) is 1.46. The quantitative estimate of drug-likeness (QED) is 0.775. The summed E-state index contributed by atoms with van der Waals surface area (Å²) in [6.45, 7) is 1.87. The van der Waals surface area contributed by atoms with E-state index in [0.717, 1.165) is 10.0 Å². The fourth-order valence-electron chi connectivity index (χ4n) is 1.59. The Labute approximate surface area is 128 Å². The Bertz CT molecular complexity index is 743. The predicted octanol–water partition coefficient (Wildman–Crippen LogP) is 2.74. The van der Waals surface area contributed by atoms with Crippen molar-refractivity contribution in [3.8, 4) is 5.69 Å². The third-order valence-corrected chi connectivity index (χ3v) is 3.70. The Hall–Kier alpha value is -1.66. The van der Waals surface area contributed by atoms with Crippen molar-refractivity contribution in [2.45, 2.75) is 6.92 Å². The molecule has 0 aliphatic heterocycles. The molecule has 0 aliphatic rings. The molecule has 0 saturated carbocycles. The standard InChI is InChI=1S/C13H10BrClN2O3/c1-7-5-8(14)10(6-9(7)15)17-4-3-11(18)12(16-17)13(19)20-2/h3-6H,1-2H3. The molecule has 0 fully saturated rings. The van der Waals surface area contributed by atoms with E-state index in [4.69, 9.17) is 11.6 Å². The molecule has 0 bridgehead atoms. The lowest BCUT2D eigenvalue weighted by Gasteiger charge is -2.10. The summed E-state index contributed by atoms with van der Waals surface area (Å²) in [4.78, 5) is 23.1. The first kappa shape index (κ1) is 14.7. The van der Waals surface area contributed by atoms with Crippen LogP contribution >= 0.6 is 27.5 Å². The van der Waals surface area contributed by atoms with E-state index < -0.39 is 11.4 Å². The van der Waals surface area contributed by atoms with E-state index in [1.807, 2.05) is 13.0 Å². The summed E-state index contributed by atoms with van der Waals surface area (Å²) in [5.41, 5.74) is 0.739. The average molecular weight is 358 g/mol. The summed E-state index contributed by atoms with van der Waals surface area (Å²) in [5.74, 6) is -0.779. The molecule has 0 radical (unpaired) electrons. The molecule has 0 aliphatic carbocycles. The van der Waals surface area contributed by atoms with Crippen LogP contribution in [0.15, 0.2) is 33.7 Å². The minimum Gasteiger partial charge on any atom is -0.464 e. The van der Waals surface area contributed by atoms with Gasteiger partial charge in [0.15, 0.2) is 0 Å². The van der Waals surface area contributed by atoms with Gasteiger partial charge < -0.3 is 4.74 Å². The number of aryl methyl sites for hydroxylation is 1. The molecule has 0 N–H and O–H groups in total. The number of halogens is 2. The Morgan fingerprint density at radius 1 is 1.45 bits per heavy atom. The Balaban J connectivity index is 2.62. The third-order valence-electron chi connectivity index (χ3n) is 2.66. The van der Waals surface area contributed by atoms with Gasteiger partial charge in [-0.05, 0) is 40.5 Å². The largest absolute Gasteiger partial charge is 0.464 e. The van der Waals surface area contributed by atoms with Crippen molar-refractivity contribution in [2.75, 3.05) is 7.11 Å². The van der Waals surface area contributed by atoms with E-state index in [2.05, 4.69) is 25.8 Å². The first-order valence-electron chi connectivity index (χ1n) is 5.58. The van der Waals surface area contributed by atoms with Gasteiger partial charge in [-0.2, -0.15) is 5.10 Å². The number of hydrogen-bond acceptors (Lipinski definition) is 4. The molecular formula is C13H10BrClN2O3. The van der Waals surface area contributed by atoms with Gasteiger partial charge in [0.2, 0.25) is 11.1 Å². The van der Waals surface area contributed by atoms with Crippen LogP contribution in [0.3, 0.4) is 0 Å².